The number of nitrogens with zero attached hydrogens (tertiary/aromatic N) is 1. The summed E-state index contributed by atoms with van der Waals surface area (Å²) in [6.07, 6.45) is 10.5. The Morgan fingerprint density at radius 1 is 0.769 bits per heavy atom. The van der Waals surface area contributed by atoms with Gasteiger partial charge in [-0.1, -0.05) is 77.3 Å². The summed E-state index contributed by atoms with van der Waals surface area (Å²) in [6, 6.07) is 11.2. The van der Waals surface area contributed by atoms with Crippen molar-refractivity contribution in [1.82, 2.24) is 0 Å². The molecule has 0 aliphatic heterocycles. The van der Waals surface area contributed by atoms with Crippen molar-refractivity contribution >= 4 is 0 Å². The van der Waals surface area contributed by atoms with Crippen LogP contribution in [0.3, 0.4) is 0 Å². The predicted octanol–water partition coefficient (Wildman–Crippen LogP) is 7.25. The van der Waals surface area contributed by atoms with E-state index in [1.165, 1.54) is 81.0 Å². The quantitative estimate of drug-likeness (QED) is 0.306. The molecule has 1 aromatic carbocycles. The summed E-state index contributed by atoms with van der Waals surface area (Å²) in [5.41, 5.74) is 1.83. The van der Waals surface area contributed by atoms with E-state index in [-0.39, 0.29) is 0 Å². The minimum Gasteiger partial charge on any atom is -0.319 e. The Kier molecular flexibility index (Phi) is 10.5. The molecule has 150 valence electrons. The van der Waals surface area contributed by atoms with Crippen LogP contribution in [0.4, 0.5) is 0 Å². The molecule has 0 saturated heterocycles. The molecule has 0 bridgehead atoms. The molecule has 0 spiro atoms. The van der Waals surface area contributed by atoms with Gasteiger partial charge in [-0.3, -0.25) is 0 Å². The minimum absolute atomic E-state index is 0.324. The van der Waals surface area contributed by atoms with Gasteiger partial charge in [0.25, 0.3) is 0 Å². The summed E-state index contributed by atoms with van der Waals surface area (Å²) in [4.78, 5) is 0. The zero-order valence-corrected chi connectivity index (χ0v) is 18.7. The van der Waals surface area contributed by atoms with E-state index < -0.39 is 0 Å². The van der Waals surface area contributed by atoms with E-state index in [0.29, 0.717) is 5.54 Å². The Labute approximate surface area is 164 Å². The Hall–Kier alpha value is -0.820. The molecule has 1 rings (SSSR count). The molecule has 0 heterocycles. The zero-order chi connectivity index (χ0) is 19.5. The monoisotopic (exact) mass is 360 g/mol. The molecule has 0 amide bonds. The topological polar surface area (TPSA) is 0 Å². The van der Waals surface area contributed by atoms with Gasteiger partial charge >= 0.3 is 0 Å². The van der Waals surface area contributed by atoms with Gasteiger partial charge in [-0.2, -0.15) is 0 Å². The van der Waals surface area contributed by atoms with Gasteiger partial charge in [0.15, 0.2) is 0 Å². The van der Waals surface area contributed by atoms with E-state index in [1.807, 2.05) is 0 Å². The first-order valence-corrected chi connectivity index (χ1v) is 11.4. The van der Waals surface area contributed by atoms with Crippen molar-refractivity contribution in [3.8, 4) is 0 Å². The maximum Gasteiger partial charge on any atom is 0.0967 e. The van der Waals surface area contributed by atoms with Crippen LogP contribution in [0.1, 0.15) is 92.1 Å². The summed E-state index contributed by atoms with van der Waals surface area (Å²) < 4.78 is 1.33. The fourth-order valence-electron chi connectivity index (χ4n) is 4.76. The molecular formula is C25H46N+. The highest BCUT2D eigenvalue weighted by atomic mass is 15.4. The second-order valence-electron chi connectivity index (χ2n) is 8.83. The van der Waals surface area contributed by atoms with E-state index in [9.17, 15) is 0 Å². The minimum atomic E-state index is 0.324. The van der Waals surface area contributed by atoms with Gasteiger partial charge in [0, 0.05) is 5.92 Å². The lowest BCUT2D eigenvalue weighted by Gasteiger charge is -2.54. The van der Waals surface area contributed by atoms with E-state index in [2.05, 4.69) is 71.9 Å². The molecule has 0 saturated carbocycles. The summed E-state index contributed by atoms with van der Waals surface area (Å²) in [6.45, 7) is 18.7. The molecule has 0 aliphatic rings. The Balaban J connectivity index is 3.16. The van der Waals surface area contributed by atoms with Crippen molar-refractivity contribution in [2.75, 3.05) is 19.6 Å². The second kappa shape index (κ2) is 11.8. The number of rotatable bonds is 14. The van der Waals surface area contributed by atoms with Crippen LogP contribution in [-0.4, -0.2) is 29.7 Å². The van der Waals surface area contributed by atoms with E-state index in [4.69, 9.17) is 0 Å². The lowest BCUT2D eigenvalue weighted by molar-refractivity contribution is -0.977. The van der Waals surface area contributed by atoms with Crippen molar-refractivity contribution in [3.63, 3.8) is 0 Å². The van der Waals surface area contributed by atoms with Gasteiger partial charge in [0.05, 0.1) is 25.2 Å². The van der Waals surface area contributed by atoms with Gasteiger partial charge in [-0.15, -0.1) is 0 Å². The SMILES string of the molecule is CCCC[N+](CCCC)(CCCC)C(C)(C)C(CC)Cc1ccccc1. The largest absolute Gasteiger partial charge is 0.319 e. The van der Waals surface area contributed by atoms with Gasteiger partial charge in [0.1, 0.15) is 0 Å². The normalized spacial score (nSPS) is 13.8. The first-order chi connectivity index (χ1) is 12.5. The molecule has 1 aromatic rings. The number of quaternary nitrogens is 1. The van der Waals surface area contributed by atoms with E-state index in [1.54, 1.807) is 0 Å². The van der Waals surface area contributed by atoms with Gasteiger partial charge in [-0.05, 0) is 51.5 Å². The average Bonchev–Trinajstić information content (AvgIpc) is 2.66. The van der Waals surface area contributed by atoms with Crippen LogP contribution >= 0.6 is 0 Å². The van der Waals surface area contributed by atoms with E-state index in [0.717, 1.165) is 5.92 Å². The van der Waals surface area contributed by atoms with Gasteiger partial charge in [-0.25, -0.2) is 0 Å². The molecule has 1 heteroatoms. The highest BCUT2D eigenvalue weighted by molar-refractivity contribution is 5.16. The molecule has 1 atom stereocenters. The third-order valence-corrected chi connectivity index (χ3v) is 6.86. The van der Waals surface area contributed by atoms with Crippen LogP contribution in [0, 0.1) is 5.92 Å². The zero-order valence-electron chi connectivity index (χ0n) is 18.7. The molecular weight excluding hydrogens is 314 g/mol. The summed E-state index contributed by atoms with van der Waals surface area (Å²) in [5.74, 6) is 0.732. The molecule has 0 fully saturated rings. The maximum atomic E-state index is 2.59. The van der Waals surface area contributed by atoms with Crippen molar-refractivity contribution < 1.29 is 4.48 Å². The van der Waals surface area contributed by atoms with Crippen LogP contribution in [0.25, 0.3) is 0 Å². The first-order valence-electron chi connectivity index (χ1n) is 11.4. The number of unbranched alkanes of at least 4 members (excludes halogenated alkanes) is 3. The fraction of sp³-hybridized carbons (Fsp3) is 0.760. The predicted molar refractivity (Wildman–Crippen MR) is 118 cm³/mol. The molecule has 1 nitrogen and oxygen atoms in total. The van der Waals surface area contributed by atoms with Gasteiger partial charge in [0.2, 0.25) is 0 Å². The lowest BCUT2D eigenvalue weighted by atomic mass is 9.77. The molecule has 26 heavy (non-hydrogen) atoms. The van der Waals surface area contributed by atoms with Crippen LogP contribution in [0.2, 0.25) is 0 Å². The van der Waals surface area contributed by atoms with Crippen molar-refractivity contribution in [1.29, 1.82) is 0 Å². The first kappa shape index (κ1) is 23.2. The van der Waals surface area contributed by atoms with E-state index >= 15 is 0 Å². The number of benzene rings is 1. The third kappa shape index (κ3) is 6.12. The highest BCUT2D eigenvalue weighted by Gasteiger charge is 2.46. The number of hydrogen-bond acceptors (Lipinski definition) is 0. The molecule has 0 N–H and O–H groups in total. The molecule has 0 aromatic heterocycles. The Bertz CT molecular complexity index is 441. The molecule has 0 aliphatic carbocycles. The average molecular weight is 361 g/mol. The van der Waals surface area contributed by atoms with Crippen molar-refractivity contribution in [3.05, 3.63) is 35.9 Å². The summed E-state index contributed by atoms with van der Waals surface area (Å²) in [7, 11) is 0. The second-order valence-corrected chi connectivity index (χ2v) is 8.83. The summed E-state index contributed by atoms with van der Waals surface area (Å²) >= 11 is 0. The molecule has 0 radical (unpaired) electrons. The van der Waals surface area contributed by atoms with Crippen LogP contribution in [-0.2, 0) is 6.42 Å². The Morgan fingerprint density at radius 2 is 1.23 bits per heavy atom. The van der Waals surface area contributed by atoms with Crippen LogP contribution in [0.5, 0.6) is 0 Å². The van der Waals surface area contributed by atoms with Crippen molar-refractivity contribution in [2.45, 2.75) is 98.4 Å². The number of hydrogen-bond donors (Lipinski definition) is 0. The lowest BCUT2D eigenvalue weighted by Crippen LogP contribution is -2.66. The summed E-state index contributed by atoms with van der Waals surface area (Å²) in [5, 5.41) is 0. The van der Waals surface area contributed by atoms with Crippen LogP contribution < -0.4 is 0 Å². The Morgan fingerprint density at radius 3 is 1.62 bits per heavy atom. The van der Waals surface area contributed by atoms with Gasteiger partial charge < -0.3 is 4.48 Å². The van der Waals surface area contributed by atoms with Crippen molar-refractivity contribution in [2.24, 2.45) is 5.92 Å². The smallest absolute Gasteiger partial charge is 0.0967 e. The third-order valence-electron chi connectivity index (χ3n) is 6.86. The standard InChI is InChI=1S/C25H46N/c1-7-11-19-26(20-12-8-2,21-13-9-3)25(5,6)24(10-4)22-23-17-15-14-16-18-23/h14-18,24H,7-13,19-22H2,1-6H3/q+1. The molecule has 1 unspecified atom stereocenters. The van der Waals surface area contributed by atoms with Crippen LogP contribution in [0.15, 0.2) is 30.3 Å². The fourth-order valence-corrected chi connectivity index (χ4v) is 4.76. The maximum absolute atomic E-state index is 2.59. The highest BCUT2D eigenvalue weighted by Crippen LogP contribution is 2.38.